The van der Waals surface area contributed by atoms with Gasteiger partial charge in [0.1, 0.15) is 5.75 Å². The Bertz CT molecular complexity index is 487. The molecule has 2 aromatic rings. The van der Waals surface area contributed by atoms with E-state index in [4.69, 9.17) is 4.74 Å². The van der Waals surface area contributed by atoms with Crippen LogP contribution in [0.3, 0.4) is 0 Å². The van der Waals surface area contributed by atoms with Gasteiger partial charge in [-0.3, -0.25) is 0 Å². The van der Waals surface area contributed by atoms with Crippen molar-refractivity contribution in [2.45, 2.75) is 19.8 Å². The van der Waals surface area contributed by atoms with E-state index in [1.54, 1.807) is 11.3 Å². The first-order valence-corrected chi connectivity index (χ1v) is 6.13. The van der Waals surface area contributed by atoms with Crippen molar-refractivity contribution in [3.63, 3.8) is 0 Å². The van der Waals surface area contributed by atoms with Gasteiger partial charge >= 0.3 is 0 Å². The molecule has 0 unspecified atom stereocenters. The van der Waals surface area contributed by atoms with Crippen LogP contribution in [0.4, 0.5) is 0 Å². The van der Waals surface area contributed by atoms with Crippen LogP contribution < -0.4 is 4.74 Å². The summed E-state index contributed by atoms with van der Waals surface area (Å²) >= 11 is 1.73. The van der Waals surface area contributed by atoms with E-state index in [1.807, 2.05) is 19.1 Å². The largest absolute Gasteiger partial charge is 0.493 e. The van der Waals surface area contributed by atoms with Gasteiger partial charge in [-0.05, 0) is 37.8 Å². The van der Waals surface area contributed by atoms with Crippen molar-refractivity contribution in [1.82, 2.24) is 4.98 Å². The van der Waals surface area contributed by atoms with Gasteiger partial charge in [-0.15, -0.1) is 11.3 Å². The number of ether oxygens (including phenoxy) is 1. The van der Waals surface area contributed by atoms with Crippen molar-refractivity contribution in [2.24, 2.45) is 5.92 Å². The predicted molar refractivity (Wildman–Crippen MR) is 62.6 cm³/mol. The highest BCUT2D eigenvalue weighted by Crippen LogP contribution is 2.30. The second-order valence-electron chi connectivity index (χ2n) is 4.12. The summed E-state index contributed by atoms with van der Waals surface area (Å²) in [5.74, 6) is 1.76. The molecule has 2 nitrogen and oxygen atoms in total. The quantitative estimate of drug-likeness (QED) is 0.789. The molecule has 0 atom stereocenters. The molecule has 1 saturated carbocycles. The van der Waals surface area contributed by atoms with E-state index in [2.05, 4.69) is 11.1 Å². The van der Waals surface area contributed by atoms with Crippen LogP contribution in [-0.4, -0.2) is 11.6 Å². The average Bonchev–Trinajstić information content (AvgIpc) is 2.96. The molecule has 0 bridgehead atoms. The summed E-state index contributed by atoms with van der Waals surface area (Å²) < 4.78 is 6.95. The maximum absolute atomic E-state index is 5.71. The van der Waals surface area contributed by atoms with E-state index in [9.17, 15) is 0 Å². The number of rotatable bonds is 3. The highest BCUT2D eigenvalue weighted by molar-refractivity contribution is 7.18. The van der Waals surface area contributed by atoms with E-state index in [-0.39, 0.29) is 0 Å². The van der Waals surface area contributed by atoms with Crippen LogP contribution in [0.5, 0.6) is 5.75 Å². The zero-order valence-electron chi connectivity index (χ0n) is 8.69. The molecule has 3 rings (SSSR count). The number of fused-ring (bicyclic) bond motifs is 1. The monoisotopic (exact) mass is 219 g/mol. The Morgan fingerprint density at radius 1 is 1.47 bits per heavy atom. The number of thiazole rings is 1. The fourth-order valence-electron chi connectivity index (χ4n) is 1.61. The highest BCUT2D eigenvalue weighted by Gasteiger charge is 2.21. The molecular formula is C12H13NOS. The van der Waals surface area contributed by atoms with Crippen LogP contribution in [0.25, 0.3) is 10.2 Å². The van der Waals surface area contributed by atoms with E-state index in [0.717, 1.165) is 28.8 Å². The normalized spacial score (nSPS) is 15.8. The van der Waals surface area contributed by atoms with Crippen LogP contribution >= 0.6 is 11.3 Å². The average molecular weight is 219 g/mol. The molecule has 0 N–H and O–H groups in total. The Morgan fingerprint density at radius 2 is 2.33 bits per heavy atom. The van der Waals surface area contributed by atoms with Crippen LogP contribution in [0.15, 0.2) is 18.2 Å². The topological polar surface area (TPSA) is 22.1 Å². The van der Waals surface area contributed by atoms with E-state index in [1.165, 1.54) is 17.5 Å². The third-order valence-corrected chi connectivity index (χ3v) is 3.60. The number of aromatic nitrogens is 1. The molecule has 1 aromatic heterocycles. The number of hydrogen-bond donors (Lipinski definition) is 0. The van der Waals surface area contributed by atoms with Crippen molar-refractivity contribution in [3.05, 3.63) is 23.2 Å². The summed E-state index contributed by atoms with van der Waals surface area (Å²) in [5, 5.41) is 1.12. The van der Waals surface area contributed by atoms with Gasteiger partial charge in [-0.2, -0.15) is 0 Å². The summed E-state index contributed by atoms with van der Waals surface area (Å²) in [7, 11) is 0. The maximum Gasteiger partial charge on any atom is 0.121 e. The van der Waals surface area contributed by atoms with Gasteiger partial charge in [0, 0.05) is 6.07 Å². The first-order chi connectivity index (χ1) is 7.31. The summed E-state index contributed by atoms with van der Waals surface area (Å²) in [5.41, 5.74) is 1.06. The van der Waals surface area contributed by atoms with Crippen molar-refractivity contribution in [3.8, 4) is 5.75 Å². The van der Waals surface area contributed by atoms with Crippen LogP contribution in [0.1, 0.15) is 17.8 Å². The Morgan fingerprint density at radius 3 is 3.13 bits per heavy atom. The van der Waals surface area contributed by atoms with Crippen LogP contribution in [0, 0.1) is 12.8 Å². The lowest BCUT2D eigenvalue weighted by atomic mass is 10.3. The Balaban J connectivity index is 1.84. The molecule has 0 aliphatic heterocycles. The van der Waals surface area contributed by atoms with E-state index < -0.39 is 0 Å². The smallest absolute Gasteiger partial charge is 0.121 e. The van der Waals surface area contributed by atoms with Crippen molar-refractivity contribution in [2.75, 3.05) is 6.61 Å². The molecule has 1 fully saturated rings. The summed E-state index contributed by atoms with van der Waals surface area (Å²) in [4.78, 5) is 4.46. The third kappa shape index (κ3) is 1.97. The molecule has 15 heavy (non-hydrogen) atoms. The number of nitrogens with zero attached hydrogens (tertiary/aromatic N) is 1. The Labute approximate surface area is 92.9 Å². The van der Waals surface area contributed by atoms with Crippen LogP contribution in [0.2, 0.25) is 0 Å². The maximum atomic E-state index is 5.71. The van der Waals surface area contributed by atoms with Gasteiger partial charge in [0.25, 0.3) is 0 Å². The first kappa shape index (κ1) is 9.16. The Hall–Kier alpha value is -1.09. The highest BCUT2D eigenvalue weighted by atomic mass is 32.1. The van der Waals surface area contributed by atoms with Gasteiger partial charge in [0.15, 0.2) is 0 Å². The molecule has 1 heterocycles. The standard InChI is InChI=1S/C12H13NOS/c1-8-13-11-6-10(4-5-12(11)15-8)14-7-9-2-3-9/h4-6,9H,2-3,7H2,1H3. The fourth-order valence-corrected chi connectivity index (χ4v) is 2.42. The summed E-state index contributed by atoms with van der Waals surface area (Å²) in [6.45, 7) is 2.91. The first-order valence-electron chi connectivity index (χ1n) is 5.31. The molecule has 0 saturated heterocycles. The van der Waals surface area contributed by atoms with Crippen molar-refractivity contribution < 1.29 is 4.74 Å². The minimum absolute atomic E-state index is 0.804. The van der Waals surface area contributed by atoms with E-state index in [0.29, 0.717) is 0 Å². The summed E-state index contributed by atoms with van der Waals surface area (Å²) in [6, 6.07) is 6.19. The lowest BCUT2D eigenvalue weighted by molar-refractivity contribution is 0.300. The van der Waals surface area contributed by atoms with Crippen molar-refractivity contribution >= 4 is 21.6 Å². The minimum atomic E-state index is 0.804. The molecular weight excluding hydrogens is 206 g/mol. The number of aryl methyl sites for hydroxylation is 1. The molecule has 1 aromatic carbocycles. The van der Waals surface area contributed by atoms with Crippen LogP contribution in [-0.2, 0) is 0 Å². The number of benzene rings is 1. The molecule has 0 radical (unpaired) electrons. The Kier molecular flexibility index (Phi) is 2.13. The lowest BCUT2D eigenvalue weighted by Crippen LogP contribution is -1.98. The molecule has 1 aliphatic rings. The molecule has 3 heteroatoms. The van der Waals surface area contributed by atoms with Gasteiger partial charge in [0.2, 0.25) is 0 Å². The van der Waals surface area contributed by atoms with Gasteiger partial charge in [0.05, 0.1) is 21.8 Å². The molecule has 0 amide bonds. The van der Waals surface area contributed by atoms with E-state index >= 15 is 0 Å². The zero-order valence-corrected chi connectivity index (χ0v) is 9.51. The molecule has 78 valence electrons. The lowest BCUT2D eigenvalue weighted by Gasteiger charge is -2.03. The summed E-state index contributed by atoms with van der Waals surface area (Å²) in [6.07, 6.45) is 2.66. The predicted octanol–water partition coefficient (Wildman–Crippen LogP) is 3.39. The molecule has 1 aliphatic carbocycles. The third-order valence-electron chi connectivity index (χ3n) is 2.65. The van der Waals surface area contributed by atoms with Gasteiger partial charge < -0.3 is 4.74 Å². The van der Waals surface area contributed by atoms with Gasteiger partial charge in [-0.1, -0.05) is 0 Å². The fraction of sp³-hybridized carbons (Fsp3) is 0.417. The van der Waals surface area contributed by atoms with Crippen molar-refractivity contribution in [1.29, 1.82) is 0 Å². The second kappa shape index (κ2) is 3.49. The SMILES string of the molecule is Cc1nc2cc(OCC3CC3)ccc2s1. The minimum Gasteiger partial charge on any atom is -0.493 e. The van der Waals surface area contributed by atoms with Gasteiger partial charge in [-0.25, -0.2) is 4.98 Å². The zero-order chi connectivity index (χ0) is 10.3. The molecule has 0 spiro atoms. The second-order valence-corrected chi connectivity index (χ2v) is 5.35. The number of hydrogen-bond acceptors (Lipinski definition) is 3.